The topological polar surface area (TPSA) is 55.8 Å². The van der Waals surface area contributed by atoms with E-state index in [2.05, 4.69) is 13.8 Å². The van der Waals surface area contributed by atoms with Crippen molar-refractivity contribution in [3.63, 3.8) is 0 Å². The molecule has 24 heavy (non-hydrogen) atoms. The molecule has 1 fully saturated rings. The molecule has 0 unspecified atom stereocenters. The van der Waals surface area contributed by atoms with Crippen molar-refractivity contribution in [3.8, 4) is 11.5 Å². The lowest BCUT2D eigenvalue weighted by Gasteiger charge is -2.37. The molecule has 1 aliphatic carbocycles. The van der Waals surface area contributed by atoms with E-state index in [4.69, 9.17) is 21.1 Å². The molecule has 0 aromatic heterocycles. The van der Waals surface area contributed by atoms with E-state index in [-0.39, 0.29) is 5.92 Å². The number of fused-ring (bicyclic) bond motifs is 1. The van der Waals surface area contributed by atoms with E-state index >= 15 is 0 Å². The molecule has 1 aromatic rings. The van der Waals surface area contributed by atoms with Crippen molar-refractivity contribution in [1.29, 1.82) is 0 Å². The minimum absolute atomic E-state index is 0.104. The third kappa shape index (κ3) is 2.85. The fourth-order valence-corrected chi connectivity index (χ4v) is 4.44. The molecule has 0 atom stereocenters. The summed E-state index contributed by atoms with van der Waals surface area (Å²) in [6.07, 6.45) is 4.96. The van der Waals surface area contributed by atoms with Crippen LogP contribution in [0.2, 0.25) is 5.02 Å². The monoisotopic (exact) mass is 352 g/mol. The van der Waals surface area contributed by atoms with Gasteiger partial charge in [0.15, 0.2) is 11.5 Å². The van der Waals surface area contributed by atoms with Gasteiger partial charge in [-0.2, -0.15) is 0 Å². The van der Waals surface area contributed by atoms with Crippen LogP contribution in [0.5, 0.6) is 11.5 Å². The highest BCUT2D eigenvalue weighted by atomic mass is 35.5. The van der Waals surface area contributed by atoms with Gasteiger partial charge in [0.25, 0.3) is 0 Å². The molecule has 0 bridgehead atoms. The zero-order chi connectivity index (χ0) is 17.3. The van der Waals surface area contributed by atoms with Crippen molar-refractivity contribution in [2.45, 2.75) is 63.7 Å². The number of rotatable bonds is 3. The number of carboxylic acid groups (broad SMARTS) is 1. The molecule has 2 aliphatic rings. The van der Waals surface area contributed by atoms with Crippen LogP contribution in [0.1, 0.15) is 69.4 Å². The number of carboxylic acids is 1. The fraction of sp³-hybridized carbons (Fsp3) is 0.632. The molecule has 4 nitrogen and oxygen atoms in total. The lowest BCUT2D eigenvalue weighted by Crippen LogP contribution is -2.39. The van der Waals surface area contributed by atoms with E-state index in [1.165, 1.54) is 0 Å². The molecule has 0 amide bonds. The van der Waals surface area contributed by atoms with E-state index in [1.807, 2.05) is 0 Å². The highest BCUT2D eigenvalue weighted by Gasteiger charge is 2.45. The largest absolute Gasteiger partial charge is 0.489 e. The Bertz CT molecular complexity index is 633. The summed E-state index contributed by atoms with van der Waals surface area (Å²) in [6, 6.07) is 1.75. The first-order chi connectivity index (χ1) is 11.5. The van der Waals surface area contributed by atoms with E-state index in [1.54, 1.807) is 6.07 Å². The molecule has 0 spiro atoms. The molecule has 0 saturated heterocycles. The second-order valence-electron chi connectivity index (χ2n) is 7.13. The number of halogens is 1. The number of benzene rings is 1. The highest BCUT2D eigenvalue weighted by molar-refractivity contribution is 6.32. The minimum Gasteiger partial charge on any atom is -0.489 e. The Morgan fingerprint density at radius 3 is 2.46 bits per heavy atom. The molecule has 1 heterocycles. The van der Waals surface area contributed by atoms with Gasteiger partial charge in [-0.25, -0.2) is 0 Å². The molecular formula is C19H25ClO4. The maximum Gasteiger partial charge on any atom is 0.314 e. The van der Waals surface area contributed by atoms with E-state index in [0.29, 0.717) is 42.6 Å². The Morgan fingerprint density at radius 2 is 1.83 bits per heavy atom. The van der Waals surface area contributed by atoms with Gasteiger partial charge in [0.2, 0.25) is 0 Å². The van der Waals surface area contributed by atoms with Crippen molar-refractivity contribution in [2.24, 2.45) is 0 Å². The number of aliphatic carboxylic acids is 1. The molecule has 132 valence electrons. The zero-order valence-electron chi connectivity index (χ0n) is 14.4. The summed E-state index contributed by atoms with van der Waals surface area (Å²) in [5.74, 6) is 0.655. The summed E-state index contributed by atoms with van der Waals surface area (Å²) >= 11 is 6.63. The lowest BCUT2D eigenvalue weighted by atomic mass is 9.67. The van der Waals surface area contributed by atoms with Gasteiger partial charge in [-0.3, -0.25) is 4.79 Å². The molecule has 1 aliphatic heterocycles. The second kappa shape index (κ2) is 6.83. The average molecular weight is 353 g/mol. The van der Waals surface area contributed by atoms with E-state index < -0.39 is 11.4 Å². The number of ether oxygens (including phenoxy) is 2. The first-order valence-electron chi connectivity index (χ1n) is 8.83. The Hall–Kier alpha value is -1.42. The van der Waals surface area contributed by atoms with Crippen LogP contribution >= 0.6 is 11.6 Å². The molecule has 0 radical (unpaired) electrons. The smallest absolute Gasteiger partial charge is 0.314 e. The average Bonchev–Trinajstić information content (AvgIpc) is 2.78. The molecule has 5 heteroatoms. The van der Waals surface area contributed by atoms with Crippen LogP contribution in [0.25, 0.3) is 0 Å². The summed E-state index contributed by atoms with van der Waals surface area (Å²) < 4.78 is 11.8. The van der Waals surface area contributed by atoms with Gasteiger partial charge >= 0.3 is 5.97 Å². The summed E-state index contributed by atoms with van der Waals surface area (Å²) in [4.78, 5) is 12.3. The second-order valence-corrected chi connectivity index (χ2v) is 7.53. The third-order valence-corrected chi connectivity index (χ3v) is 5.50. The Morgan fingerprint density at radius 1 is 1.17 bits per heavy atom. The van der Waals surface area contributed by atoms with Gasteiger partial charge in [-0.05, 0) is 24.3 Å². The van der Waals surface area contributed by atoms with Crippen molar-refractivity contribution in [1.82, 2.24) is 0 Å². The number of hydrogen-bond donors (Lipinski definition) is 1. The SMILES string of the molecule is CC(C)c1c2c(cc(Cl)c1C1(C(=O)O)CCCCC1)OCCCO2. The van der Waals surface area contributed by atoms with Crippen LogP contribution in [0.3, 0.4) is 0 Å². The quantitative estimate of drug-likeness (QED) is 0.839. The first-order valence-corrected chi connectivity index (χ1v) is 9.21. The summed E-state index contributed by atoms with van der Waals surface area (Å²) in [6.45, 7) is 5.28. The van der Waals surface area contributed by atoms with Gasteiger partial charge in [0.1, 0.15) is 0 Å². The van der Waals surface area contributed by atoms with Gasteiger partial charge in [-0.15, -0.1) is 0 Å². The van der Waals surface area contributed by atoms with Crippen LogP contribution in [0.4, 0.5) is 0 Å². The van der Waals surface area contributed by atoms with E-state index in [0.717, 1.165) is 36.8 Å². The van der Waals surface area contributed by atoms with Crippen molar-refractivity contribution in [2.75, 3.05) is 13.2 Å². The molecule has 1 aromatic carbocycles. The summed E-state index contributed by atoms with van der Waals surface area (Å²) in [5, 5.41) is 10.6. The maximum absolute atomic E-state index is 12.3. The van der Waals surface area contributed by atoms with Crippen LogP contribution in [-0.4, -0.2) is 24.3 Å². The predicted octanol–water partition coefficient (Wildman–Crippen LogP) is 4.91. The van der Waals surface area contributed by atoms with Crippen LogP contribution in [-0.2, 0) is 10.2 Å². The maximum atomic E-state index is 12.3. The van der Waals surface area contributed by atoms with Gasteiger partial charge < -0.3 is 14.6 Å². The van der Waals surface area contributed by atoms with Crippen molar-refractivity contribution < 1.29 is 19.4 Å². The van der Waals surface area contributed by atoms with Crippen molar-refractivity contribution in [3.05, 3.63) is 22.2 Å². The summed E-state index contributed by atoms with van der Waals surface area (Å²) in [7, 11) is 0. The number of hydrogen-bond acceptors (Lipinski definition) is 3. The first kappa shape index (κ1) is 17.4. The Balaban J connectivity index is 2.26. The lowest BCUT2D eigenvalue weighted by molar-refractivity contribution is -0.145. The molecule has 1 N–H and O–H groups in total. The van der Waals surface area contributed by atoms with Crippen LogP contribution in [0.15, 0.2) is 6.07 Å². The third-order valence-electron chi connectivity index (χ3n) is 5.20. The van der Waals surface area contributed by atoms with Crippen LogP contribution < -0.4 is 9.47 Å². The van der Waals surface area contributed by atoms with Gasteiger partial charge in [0.05, 0.1) is 18.6 Å². The van der Waals surface area contributed by atoms with Gasteiger partial charge in [0, 0.05) is 23.1 Å². The fourth-order valence-electron chi connectivity index (χ4n) is 4.06. The van der Waals surface area contributed by atoms with Gasteiger partial charge in [-0.1, -0.05) is 44.7 Å². The Kier molecular flexibility index (Phi) is 4.95. The molecular weight excluding hydrogens is 328 g/mol. The highest BCUT2D eigenvalue weighted by Crippen LogP contribution is 2.51. The van der Waals surface area contributed by atoms with E-state index in [9.17, 15) is 9.90 Å². The summed E-state index contributed by atoms with van der Waals surface area (Å²) in [5.41, 5.74) is 0.735. The zero-order valence-corrected chi connectivity index (χ0v) is 15.1. The molecule has 1 saturated carbocycles. The Labute approximate surface area is 148 Å². The number of carbonyl (C=O) groups is 1. The molecule has 3 rings (SSSR count). The standard InChI is InChI=1S/C19H25ClO4/c1-12(2)15-16(19(18(21)22)7-4-3-5-8-19)13(20)11-14-17(15)24-10-6-9-23-14/h11-12H,3-10H2,1-2H3,(H,21,22). The van der Waals surface area contributed by atoms with Crippen molar-refractivity contribution >= 4 is 17.6 Å². The normalized spacial score (nSPS) is 19.8. The van der Waals surface area contributed by atoms with Crippen LogP contribution in [0, 0.1) is 0 Å². The predicted molar refractivity (Wildman–Crippen MR) is 93.5 cm³/mol. The minimum atomic E-state index is -0.917.